The zero-order chi connectivity index (χ0) is 17.6. The van der Waals surface area contributed by atoms with Gasteiger partial charge >= 0.3 is 0 Å². The second kappa shape index (κ2) is 6.84. The van der Waals surface area contributed by atoms with Crippen LogP contribution in [-0.2, 0) is 9.59 Å². The molecule has 2 saturated carbocycles. The van der Waals surface area contributed by atoms with Gasteiger partial charge in [0.25, 0.3) is 0 Å². The van der Waals surface area contributed by atoms with Gasteiger partial charge in [0, 0.05) is 22.4 Å². The lowest BCUT2D eigenvalue weighted by atomic mass is 9.84. The van der Waals surface area contributed by atoms with Gasteiger partial charge in [-0.05, 0) is 62.1 Å². The van der Waals surface area contributed by atoms with Gasteiger partial charge in [-0.25, -0.2) is 0 Å². The van der Waals surface area contributed by atoms with Gasteiger partial charge in [0.05, 0.1) is 10.9 Å². The minimum absolute atomic E-state index is 0.0275. The number of rotatable bonds is 4. The molecular formula is C19H23ClN2O2S. The average Bonchev–Trinajstić information content (AvgIpc) is 3.19. The lowest BCUT2D eigenvalue weighted by Gasteiger charge is -2.29. The molecule has 2 fully saturated rings. The number of thioether (sulfide) groups is 1. The van der Waals surface area contributed by atoms with E-state index in [0.717, 1.165) is 22.4 Å². The summed E-state index contributed by atoms with van der Waals surface area (Å²) < 4.78 is 0. The van der Waals surface area contributed by atoms with Gasteiger partial charge in [-0.15, -0.1) is 11.8 Å². The molecule has 1 aromatic rings. The van der Waals surface area contributed by atoms with E-state index in [-0.39, 0.29) is 29.5 Å². The van der Waals surface area contributed by atoms with Crippen molar-refractivity contribution in [1.82, 2.24) is 5.32 Å². The highest BCUT2D eigenvalue weighted by Crippen LogP contribution is 2.49. The molecule has 2 aliphatic carbocycles. The Kier molecular flexibility index (Phi) is 4.71. The van der Waals surface area contributed by atoms with E-state index in [1.807, 2.05) is 6.07 Å². The van der Waals surface area contributed by atoms with E-state index < -0.39 is 0 Å². The summed E-state index contributed by atoms with van der Waals surface area (Å²) in [6, 6.07) is 5.64. The second-order valence-corrected chi connectivity index (χ2v) is 9.32. The van der Waals surface area contributed by atoms with E-state index in [4.69, 9.17) is 11.6 Å². The molecule has 1 heterocycles. The van der Waals surface area contributed by atoms with Gasteiger partial charge in [-0.3, -0.25) is 9.59 Å². The molecule has 3 aliphatic rings. The molecule has 134 valence electrons. The Morgan fingerprint density at radius 1 is 1.40 bits per heavy atom. The molecule has 6 heteroatoms. The molecule has 25 heavy (non-hydrogen) atoms. The van der Waals surface area contributed by atoms with Crippen molar-refractivity contribution in [2.75, 3.05) is 5.32 Å². The van der Waals surface area contributed by atoms with Crippen LogP contribution < -0.4 is 10.6 Å². The van der Waals surface area contributed by atoms with Crippen LogP contribution in [0.3, 0.4) is 0 Å². The zero-order valence-electron chi connectivity index (χ0n) is 14.3. The molecule has 4 rings (SSSR count). The highest BCUT2D eigenvalue weighted by Gasteiger charge is 2.42. The maximum absolute atomic E-state index is 12.5. The molecule has 0 spiro atoms. The number of amides is 2. The first-order chi connectivity index (χ1) is 12.0. The lowest BCUT2D eigenvalue weighted by Crippen LogP contribution is -2.42. The Morgan fingerprint density at radius 3 is 2.96 bits per heavy atom. The quantitative estimate of drug-likeness (QED) is 0.829. The van der Waals surface area contributed by atoms with Gasteiger partial charge < -0.3 is 10.6 Å². The highest BCUT2D eigenvalue weighted by molar-refractivity contribution is 8.01. The van der Waals surface area contributed by atoms with Gasteiger partial charge in [0.1, 0.15) is 0 Å². The van der Waals surface area contributed by atoms with Crippen LogP contribution in [-0.4, -0.2) is 23.1 Å². The van der Waals surface area contributed by atoms with Crippen molar-refractivity contribution < 1.29 is 9.59 Å². The van der Waals surface area contributed by atoms with Crippen molar-refractivity contribution in [2.24, 2.45) is 17.8 Å². The standard InChI is InChI=1S/C19H23ClN2O2S/c1-10(14-7-11-2-3-12(14)6-11)21-18(23)9-17-19(24)22-15-8-13(20)4-5-16(15)25-17/h4-5,8,10-12,14,17H,2-3,6-7,9H2,1H3,(H,21,23)(H,22,24)/t10-,11-,12-,14-,17-/m0/s1. The predicted molar refractivity (Wildman–Crippen MR) is 101 cm³/mol. The van der Waals surface area contributed by atoms with E-state index in [2.05, 4.69) is 17.6 Å². The number of fused-ring (bicyclic) bond motifs is 3. The third kappa shape index (κ3) is 3.54. The molecule has 2 bridgehead atoms. The highest BCUT2D eigenvalue weighted by atomic mass is 35.5. The fourth-order valence-corrected chi connectivity index (χ4v) is 6.01. The third-order valence-corrected chi connectivity index (χ3v) is 7.47. The van der Waals surface area contributed by atoms with Crippen LogP contribution >= 0.6 is 23.4 Å². The van der Waals surface area contributed by atoms with Gasteiger partial charge in [-0.1, -0.05) is 18.0 Å². The van der Waals surface area contributed by atoms with Crippen molar-refractivity contribution in [2.45, 2.75) is 55.2 Å². The number of hydrogen-bond donors (Lipinski definition) is 2. The second-order valence-electron chi connectivity index (χ2n) is 7.64. The molecule has 1 aliphatic heterocycles. The first-order valence-corrected chi connectivity index (χ1v) is 10.3. The Bertz CT molecular complexity index is 711. The largest absolute Gasteiger partial charge is 0.353 e. The summed E-state index contributed by atoms with van der Waals surface area (Å²) in [5.41, 5.74) is 0.731. The van der Waals surface area contributed by atoms with E-state index in [1.165, 1.54) is 37.4 Å². The fourth-order valence-electron chi connectivity index (χ4n) is 4.75. The number of carbonyl (C=O) groups is 2. The molecule has 5 atom stereocenters. The molecule has 0 radical (unpaired) electrons. The Morgan fingerprint density at radius 2 is 2.24 bits per heavy atom. The van der Waals surface area contributed by atoms with Crippen molar-refractivity contribution in [1.29, 1.82) is 0 Å². The summed E-state index contributed by atoms with van der Waals surface area (Å²) >= 11 is 7.41. The van der Waals surface area contributed by atoms with Crippen molar-refractivity contribution in [3.8, 4) is 0 Å². The Labute approximate surface area is 157 Å². The topological polar surface area (TPSA) is 58.2 Å². The summed E-state index contributed by atoms with van der Waals surface area (Å²) in [5.74, 6) is 2.11. The van der Waals surface area contributed by atoms with E-state index in [0.29, 0.717) is 10.9 Å². The van der Waals surface area contributed by atoms with E-state index in [1.54, 1.807) is 12.1 Å². The predicted octanol–water partition coefficient (Wildman–Crippen LogP) is 4.08. The molecule has 0 aromatic heterocycles. The van der Waals surface area contributed by atoms with Crippen LogP contribution in [0.5, 0.6) is 0 Å². The fraction of sp³-hybridized carbons (Fsp3) is 0.579. The number of carbonyl (C=O) groups excluding carboxylic acids is 2. The molecule has 1 aromatic carbocycles. The zero-order valence-corrected chi connectivity index (χ0v) is 15.8. The summed E-state index contributed by atoms with van der Waals surface area (Å²) in [6.45, 7) is 2.12. The maximum atomic E-state index is 12.5. The lowest BCUT2D eigenvalue weighted by molar-refractivity contribution is -0.124. The molecule has 0 saturated heterocycles. The summed E-state index contributed by atoms with van der Waals surface area (Å²) in [7, 11) is 0. The van der Waals surface area contributed by atoms with Crippen LogP contribution in [0.2, 0.25) is 5.02 Å². The monoisotopic (exact) mass is 378 g/mol. The van der Waals surface area contributed by atoms with Crippen LogP contribution in [0.1, 0.15) is 39.0 Å². The summed E-state index contributed by atoms with van der Waals surface area (Å²) in [6.07, 6.45) is 5.48. The summed E-state index contributed by atoms with van der Waals surface area (Å²) in [4.78, 5) is 25.7. The number of halogens is 1. The number of anilines is 1. The summed E-state index contributed by atoms with van der Waals surface area (Å²) in [5, 5.41) is 6.22. The molecule has 2 N–H and O–H groups in total. The first kappa shape index (κ1) is 17.2. The normalized spacial score (nSPS) is 31.4. The number of benzene rings is 1. The van der Waals surface area contributed by atoms with E-state index >= 15 is 0 Å². The van der Waals surface area contributed by atoms with Crippen molar-refractivity contribution in [3.05, 3.63) is 23.2 Å². The Balaban J connectivity index is 1.34. The van der Waals surface area contributed by atoms with Crippen LogP contribution in [0, 0.1) is 17.8 Å². The molecular weight excluding hydrogens is 356 g/mol. The SMILES string of the molecule is C[C@H](NC(=O)C[C@@H]1Sc2ccc(Cl)cc2NC1=O)[C@@H]1C[C@H]2CC[C@H]1C2. The molecule has 0 unspecified atom stereocenters. The maximum Gasteiger partial charge on any atom is 0.238 e. The van der Waals surface area contributed by atoms with Crippen molar-refractivity contribution >= 4 is 40.9 Å². The minimum atomic E-state index is -0.388. The molecule has 2 amide bonds. The van der Waals surface area contributed by atoms with Crippen LogP contribution in [0.25, 0.3) is 0 Å². The van der Waals surface area contributed by atoms with Gasteiger partial charge in [0.2, 0.25) is 11.8 Å². The Hall–Kier alpha value is -1.20. The van der Waals surface area contributed by atoms with Crippen LogP contribution in [0.4, 0.5) is 5.69 Å². The smallest absolute Gasteiger partial charge is 0.238 e. The van der Waals surface area contributed by atoms with Gasteiger partial charge in [0.15, 0.2) is 0 Å². The van der Waals surface area contributed by atoms with Crippen molar-refractivity contribution in [3.63, 3.8) is 0 Å². The average molecular weight is 379 g/mol. The number of hydrogen-bond acceptors (Lipinski definition) is 3. The van der Waals surface area contributed by atoms with Crippen LogP contribution in [0.15, 0.2) is 23.1 Å². The first-order valence-electron chi connectivity index (χ1n) is 9.06. The molecule has 4 nitrogen and oxygen atoms in total. The van der Waals surface area contributed by atoms with E-state index in [9.17, 15) is 9.59 Å². The minimum Gasteiger partial charge on any atom is -0.353 e. The number of nitrogens with one attached hydrogen (secondary N) is 2. The third-order valence-electron chi connectivity index (χ3n) is 5.96. The van der Waals surface area contributed by atoms with Gasteiger partial charge in [-0.2, -0.15) is 0 Å².